The summed E-state index contributed by atoms with van der Waals surface area (Å²) in [7, 11) is 0. The fraction of sp³-hybridized carbons (Fsp3) is 0.350. The molecule has 2 rings (SSSR count). The molecular weight excluding hydrogens is 300 g/mol. The molecule has 4 nitrogen and oxygen atoms in total. The monoisotopic (exact) mass is 326 g/mol. The molecule has 0 aliphatic carbocycles. The van der Waals surface area contributed by atoms with Crippen LogP contribution in [0, 0.1) is 6.92 Å². The molecule has 24 heavy (non-hydrogen) atoms. The lowest BCUT2D eigenvalue weighted by Gasteiger charge is -2.07. The zero-order valence-corrected chi connectivity index (χ0v) is 14.3. The number of carbonyl (C=O) groups excluding carboxylic acids is 1. The van der Waals surface area contributed by atoms with Gasteiger partial charge < -0.3 is 15.8 Å². The molecular formula is C20H26N2O2. The highest BCUT2D eigenvalue weighted by Crippen LogP contribution is 2.12. The van der Waals surface area contributed by atoms with Gasteiger partial charge in [0.2, 0.25) is 5.91 Å². The summed E-state index contributed by atoms with van der Waals surface area (Å²) in [4.78, 5) is 12.0. The van der Waals surface area contributed by atoms with Gasteiger partial charge in [0.05, 0.1) is 6.42 Å². The number of rotatable bonds is 9. The molecule has 3 N–H and O–H groups in total. The third kappa shape index (κ3) is 6.42. The lowest BCUT2D eigenvalue weighted by molar-refractivity contribution is -0.120. The predicted octanol–water partition coefficient (Wildman–Crippen LogP) is 2.62. The van der Waals surface area contributed by atoms with Crippen LogP contribution in [0.4, 0.5) is 0 Å². The van der Waals surface area contributed by atoms with Crippen LogP contribution in [-0.4, -0.2) is 25.6 Å². The van der Waals surface area contributed by atoms with Crippen molar-refractivity contribution in [2.75, 3.05) is 19.7 Å². The van der Waals surface area contributed by atoms with Crippen LogP contribution in [0.5, 0.6) is 5.75 Å². The van der Waals surface area contributed by atoms with Crippen LogP contribution >= 0.6 is 0 Å². The number of ether oxygens (including phenoxy) is 1. The molecule has 1 amide bonds. The van der Waals surface area contributed by atoms with Crippen molar-refractivity contribution in [2.24, 2.45) is 5.73 Å². The van der Waals surface area contributed by atoms with Gasteiger partial charge in [0, 0.05) is 13.1 Å². The summed E-state index contributed by atoms with van der Waals surface area (Å²) in [5.74, 6) is 0.831. The van der Waals surface area contributed by atoms with Gasteiger partial charge in [-0.25, -0.2) is 0 Å². The van der Waals surface area contributed by atoms with Gasteiger partial charge in [0.15, 0.2) is 0 Å². The lowest BCUT2D eigenvalue weighted by atomic mass is 10.1. The van der Waals surface area contributed by atoms with Crippen LogP contribution in [-0.2, 0) is 17.6 Å². The summed E-state index contributed by atoms with van der Waals surface area (Å²) in [6.45, 7) is 3.79. The summed E-state index contributed by atoms with van der Waals surface area (Å²) in [5.41, 5.74) is 8.97. The minimum Gasteiger partial charge on any atom is -0.492 e. The van der Waals surface area contributed by atoms with Gasteiger partial charge in [-0.2, -0.15) is 0 Å². The number of hydrogen-bond donors (Lipinski definition) is 2. The maximum atomic E-state index is 12.0. The van der Waals surface area contributed by atoms with E-state index >= 15 is 0 Å². The first-order chi connectivity index (χ1) is 11.7. The van der Waals surface area contributed by atoms with Crippen molar-refractivity contribution in [1.29, 1.82) is 0 Å². The molecule has 2 aromatic rings. The van der Waals surface area contributed by atoms with Gasteiger partial charge in [-0.1, -0.05) is 42.0 Å². The van der Waals surface area contributed by atoms with Crippen LogP contribution in [0.25, 0.3) is 0 Å². The van der Waals surface area contributed by atoms with E-state index in [-0.39, 0.29) is 5.91 Å². The largest absolute Gasteiger partial charge is 0.492 e. The molecule has 0 bridgehead atoms. The normalized spacial score (nSPS) is 10.4. The van der Waals surface area contributed by atoms with E-state index in [9.17, 15) is 4.79 Å². The number of amides is 1. The third-order valence-electron chi connectivity index (χ3n) is 3.72. The molecule has 0 fully saturated rings. The van der Waals surface area contributed by atoms with Crippen molar-refractivity contribution in [3.05, 3.63) is 65.2 Å². The quantitative estimate of drug-likeness (QED) is 0.696. The number of carbonyl (C=O) groups is 1. The molecule has 0 saturated carbocycles. The molecule has 0 atom stereocenters. The number of nitrogens with two attached hydrogens (primary N) is 1. The first-order valence-corrected chi connectivity index (χ1v) is 8.41. The SMILES string of the molecule is Cc1cccc(CCCNC(=O)Cc2ccc(OCCN)cc2)c1. The Morgan fingerprint density at radius 3 is 2.62 bits per heavy atom. The van der Waals surface area contributed by atoms with E-state index in [0.29, 0.717) is 26.1 Å². The number of benzene rings is 2. The average molecular weight is 326 g/mol. The topological polar surface area (TPSA) is 64.3 Å². The number of aryl methyl sites for hydroxylation is 2. The molecule has 0 aromatic heterocycles. The summed E-state index contributed by atoms with van der Waals surface area (Å²) in [5, 5.41) is 2.98. The second-order valence-electron chi connectivity index (χ2n) is 5.90. The zero-order chi connectivity index (χ0) is 17.2. The third-order valence-corrected chi connectivity index (χ3v) is 3.72. The van der Waals surface area contributed by atoms with Crippen molar-refractivity contribution < 1.29 is 9.53 Å². The zero-order valence-electron chi connectivity index (χ0n) is 14.3. The van der Waals surface area contributed by atoms with Crippen molar-refractivity contribution >= 4 is 5.91 Å². The average Bonchev–Trinajstić information content (AvgIpc) is 2.58. The van der Waals surface area contributed by atoms with Gasteiger partial charge in [-0.15, -0.1) is 0 Å². The Hall–Kier alpha value is -2.33. The second kappa shape index (κ2) is 9.73. The van der Waals surface area contributed by atoms with Crippen LogP contribution in [0.1, 0.15) is 23.1 Å². The highest BCUT2D eigenvalue weighted by atomic mass is 16.5. The van der Waals surface area contributed by atoms with Gasteiger partial charge in [0.25, 0.3) is 0 Å². The van der Waals surface area contributed by atoms with E-state index in [1.807, 2.05) is 24.3 Å². The van der Waals surface area contributed by atoms with Gasteiger partial charge in [-0.05, 0) is 43.0 Å². The number of hydrogen-bond acceptors (Lipinski definition) is 3. The fourth-order valence-corrected chi connectivity index (χ4v) is 2.52. The van der Waals surface area contributed by atoms with Crippen LogP contribution in [0.2, 0.25) is 0 Å². The van der Waals surface area contributed by atoms with Crippen molar-refractivity contribution in [1.82, 2.24) is 5.32 Å². The smallest absolute Gasteiger partial charge is 0.224 e. The molecule has 2 aromatic carbocycles. The summed E-state index contributed by atoms with van der Waals surface area (Å²) < 4.78 is 5.42. The molecule has 0 saturated heterocycles. The Labute approximate surface area is 144 Å². The van der Waals surface area contributed by atoms with Gasteiger partial charge in [0.1, 0.15) is 12.4 Å². The highest BCUT2D eigenvalue weighted by molar-refractivity contribution is 5.78. The van der Waals surface area contributed by atoms with Crippen molar-refractivity contribution in [3.63, 3.8) is 0 Å². The van der Waals surface area contributed by atoms with Gasteiger partial charge >= 0.3 is 0 Å². The maximum absolute atomic E-state index is 12.0. The molecule has 0 heterocycles. The van der Waals surface area contributed by atoms with Gasteiger partial charge in [-0.3, -0.25) is 4.79 Å². The molecule has 4 heteroatoms. The van der Waals surface area contributed by atoms with E-state index in [2.05, 4.69) is 36.5 Å². The van der Waals surface area contributed by atoms with Crippen molar-refractivity contribution in [2.45, 2.75) is 26.2 Å². The number of nitrogens with one attached hydrogen (secondary N) is 1. The molecule has 128 valence electrons. The Bertz CT molecular complexity index is 638. The second-order valence-corrected chi connectivity index (χ2v) is 5.90. The standard InChI is InChI=1S/C20H26N2O2/c1-16-4-2-5-17(14-16)6-3-12-22-20(23)15-18-7-9-19(10-8-18)24-13-11-21/h2,4-5,7-10,14H,3,6,11-13,15,21H2,1H3,(H,22,23). The van der Waals surface area contributed by atoms with E-state index in [1.165, 1.54) is 11.1 Å². The van der Waals surface area contributed by atoms with E-state index < -0.39 is 0 Å². The minimum atomic E-state index is 0.0508. The van der Waals surface area contributed by atoms with Crippen LogP contribution in [0.15, 0.2) is 48.5 Å². The summed E-state index contributed by atoms with van der Waals surface area (Å²) in [6.07, 6.45) is 2.32. The van der Waals surface area contributed by atoms with Crippen molar-refractivity contribution in [3.8, 4) is 5.75 Å². The molecule has 0 unspecified atom stereocenters. The molecule has 0 spiro atoms. The first kappa shape index (κ1) is 18.0. The Morgan fingerprint density at radius 2 is 1.92 bits per heavy atom. The van der Waals surface area contributed by atoms with E-state index in [4.69, 9.17) is 10.5 Å². The molecule has 0 aliphatic heterocycles. The minimum absolute atomic E-state index is 0.0508. The maximum Gasteiger partial charge on any atom is 0.224 e. The molecule has 0 aliphatic rings. The van der Waals surface area contributed by atoms with Crippen LogP contribution < -0.4 is 15.8 Å². The summed E-state index contributed by atoms with van der Waals surface area (Å²) >= 11 is 0. The first-order valence-electron chi connectivity index (χ1n) is 8.41. The molecule has 0 radical (unpaired) electrons. The van der Waals surface area contributed by atoms with E-state index in [1.54, 1.807) is 0 Å². The Morgan fingerprint density at radius 1 is 1.12 bits per heavy atom. The predicted molar refractivity (Wildman–Crippen MR) is 97.2 cm³/mol. The lowest BCUT2D eigenvalue weighted by Crippen LogP contribution is -2.26. The fourth-order valence-electron chi connectivity index (χ4n) is 2.52. The van der Waals surface area contributed by atoms with E-state index in [0.717, 1.165) is 24.2 Å². The Balaban J connectivity index is 1.67. The van der Waals surface area contributed by atoms with Crippen LogP contribution in [0.3, 0.4) is 0 Å². The summed E-state index contributed by atoms with van der Waals surface area (Å²) in [6, 6.07) is 16.1. The Kier molecular flexibility index (Phi) is 7.30. The highest BCUT2D eigenvalue weighted by Gasteiger charge is 2.03.